The lowest BCUT2D eigenvalue weighted by atomic mass is 9.98. The van der Waals surface area contributed by atoms with Gasteiger partial charge in [-0.15, -0.1) is 0 Å². The summed E-state index contributed by atoms with van der Waals surface area (Å²) in [6.45, 7) is 7.51. The smallest absolute Gasteiger partial charge is 0.0240 e. The fraction of sp³-hybridized carbons (Fsp3) is 1.00. The number of likely N-dealkylation sites (tertiary alicyclic amines) is 1. The average molecular weight is 251 g/mol. The molecule has 3 atom stereocenters. The van der Waals surface area contributed by atoms with E-state index in [0.29, 0.717) is 0 Å². The van der Waals surface area contributed by atoms with Crippen LogP contribution >= 0.6 is 0 Å². The van der Waals surface area contributed by atoms with Crippen LogP contribution in [0.25, 0.3) is 0 Å². The highest BCUT2D eigenvalue weighted by atomic mass is 15.3. The van der Waals surface area contributed by atoms with Gasteiger partial charge < -0.3 is 10.2 Å². The second-order valence-corrected chi connectivity index (χ2v) is 6.82. The molecule has 3 aliphatic rings. The minimum absolute atomic E-state index is 0.778. The van der Waals surface area contributed by atoms with Gasteiger partial charge in [0.15, 0.2) is 0 Å². The van der Waals surface area contributed by atoms with E-state index >= 15 is 0 Å². The Morgan fingerprint density at radius 2 is 2.06 bits per heavy atom. The average Bonchev–Trinajstić information content (AvgIpc) is 3.15. The molecule has 18 heavy (non-hydrogen) atoms. The number of likely N-dealkylation sites (N-methyl/N-ethyl adjacent to an activating group) is 1. The van der Waals surface area contributed by atoms with Gasteiger partial charge in [-0.25, -0.2) is 0 Å². The van der Waals surface area contributed by atoms with E-state index in [9.17, 15) is 0 Å². The maximum Gasteiger partial charge on any atom is 0.0240 e. The molecule has 104 valence electrons. The molecule has 1 aliphatic carbocycles. The Labute approximate surface area is 112 Å². The van der Waals surface area contributed by atoms with Crippen molar-refractivity contribution < 1.29 is 0 Å². The first kappa shape index (κ1) is 12.9. The molecule has 0 amide bonds. The first-order valence-electron chi connectivity index (χ1n) is 7.90. The Morgan fingerprint density at radius 3 is 2.61 bits per heavy atom. The predicted octanol–water partition coefficient (Wildman–Crippen LogP) is 1.54. The molecule has 3 nitrogen and oxygen atoms in total. The standard InChI is InChI=1S/C15H29N3/c1-12-8-15(11-17(12)2)18(14-5-6-14)10-13-4-3-7-16-9-13/h12-16H,3-11H2,1-2H3. The van der Waals surface area contributed by atoms with Crippen molar-refractivity contribution in [1.82, 2.24) is 15.1 Å². The number of nitrogens with one attached hydrogen (secondary N) is 1. The number of hydrogen-bond donors (Lipinski definition) is 1. The molecule has 0 aromatic rings. The summed E-state index contributed by atoms with van der Waals surface area (Å²) in [5.41, 5.74) is 0. The van der Waals surface area contributed by atoms with E-state index in [-0.39, 0.29) is 0 Å². The van der Waals surface area contributed by atoms with Gasteiger partial charge in [-0.05, 0) is 65.1 Å². The highest BCUT2D eigenvalue weighted by molar-refractivity contribution is 4.95. The van der Waals surface area contributed by atoms with Crippen LogP contribution in [-0.4, -0.2) is 61.2 Å². The van der Waals surface area contributed by atoms with Crippen molar-refractivity contribution in [3.05, 3.63) is 0 Å². The van der Waals surface area contributed by atoms with Crippen LogP contribution in [0.5, 0.6) is 0 Å². The van der Waals surface area contributed by atoms with Gasteiger partial charge >= 0.3 is 0 Å². The third kappa shape index (κ3) is 2.89. The molecule has 1 N–H and O–H groups in total. The monoisotopic (exact) mass is 251 g/mol. The Kier molecular flexibility index (Phi) is 3.92. The number of nitrogens with zero attached hydrogens (tertiary/aromatic N) is 2. The predicted molar refractivity (Wildman–Crippen MR) is 75.8 cm³/mol. The van der Waals surface area contributed by atoms with Crippen molar-refractivity contribution in [2.75, 3.05) is 33.2 Å². The molecular formula is C15H29N3. The Bertz CT molecular complexity index is 261. The fourth-order valence-electron chi connectivity index (χ4n) is 3.78. The second-order valence-electron chi connectivity index (χ2n) is 6.82. The van der Waals surface area contributed by atoms with Crippen LogP contribution in [0.15, 0.2) is 0 Å². The molecule has 3 fully saturated rings. The fourth-order valence-corrected chi connectivity index (χ4v) is 3.78. The summed E-state index contributed by atoms with van der Waals surface area (Å²) in [5, 5.41) is 3.57. The highest BCUT2D eigenvalue weighted by Gasteiger charge is 2.39. The summed E-state index contributed by atoms with van der Waals surface area (Å²) in [6, 6.07) is 2.54. The lowest BCUT2D eigenvalue weighted by Crippen LogP contribution is -2.45. The van der Waals surface area contributed by atoms with Gasteiger partial charge in [-0.3, -0.25) is 4.90 Å². The second kappa shape index (κ2) is 5.48. The van der Waals surface area contributed by atoms with E-state index in [1.54, 1.807) is 0 Å². The summed E-state index contributed by atoms with van der Waals surface area (Å²) in [5.74, 6) is 0.903. The van der Waals surface area contributed by atoms with Crippen molar-refractivity contribution in [1.29, 1.82) is 0 Å². The van der Waals surface area contributed by atoms with E-state index in [4.69, 9.17) is 0 Å². The summed E-state index contributed by atoms with van der Waals surface area (Å²) in [6.07, 6.45) is 7.11. The van der Waals surface area contributed by atoms with Crippen molar-refractivity contribution in [2.24, 2.45) is 5.92 Å². The van der Waals surface area contributed by atoms with E-state index in [2.05, 4.69) is 29.1 Å². The maximum atomic E-state index is 3.57. The van der Waals surface area contributed by atoms with Gasteiger partial charge in [0.05, 0.1) is 0 Å². The summed E-state index contributed by atoms with van der Waals surface area (Å²) >= 11 is 0. The number of hydrogen-bond acceptors (Lipinski definition) is 3. The van der Waals surface area contributed by atoms with Crippen LogP contribution in [0.3, 0.4) is 0 Å². The molecule has 3 heteroatoms. The number of piperidine rings is 1. The highest BCUT2D eigenvalue weighted by Crippen LogP contribution is 2.33. The van der Waals surface area contributed by atoms with E-state index in [0.717, 1.165) is 24.0 Å². The molecule has 3 rings (SSSR count). The third-order valence-electron chi connectivity index (χ3n) is 5.22. The lowest BCUT2D eigenvalue weighted by molar-refractivity contribution is 0.147. The molecular weight excluding hydrogens is 222 g/mol. The van der Waals surface area contributed by atoms with Gasteiger partial charge in [0.25, 0.3) is 0 Å². The van der Waals surface area contributed by atoms with Gasteiger partial charge in [0, 0.05) is 31.2 Å². The molecule has 0 bridgehead atoms. The van der Waals surface area contributed by atoms with Gasteiger partial charge in [-0.2, -0.15) is 0 Å². The molecule has 0 aromatic heterocycles. The molecule has 2 heterocycles. The van der Waals surface area contributed by atoms with Crippen molar-refractivity contribution >= 4 is 0 Å². The zero-order chi connectivity index (χ0) is 12.5. The summed E-state index contributed by atoms with van der Waals surface area (Å²) in [7, 11) is 2.29. The molecule has 0 spiro atoms. The van der Waals surface area contributed by atoms with Crippen LogP contribution in [0.2, 0.25) is 0 Å². The van der Waals surface area contributed by atoms with E-state index in [1.165, 1.54) is 58.3 Å². The van der Waals surface area contributed by atoms with Crippen LogP contribution in [0, 0.1) is 5.92 Å². The van der Waals surface area contributed by atoms with Crippen LogP contribution in [-0.2, 0) is 0 Å². The van der Waals surface area contributed by atoms with Gasteiger partial charge in [0.1, 0.15) is 0 Å². The number of rotatable bonds is 4. The minimum atomic E-state index is 0.778. The first-order valence-corrected chi connectivity index (χ1v) is 7.90. The molecule has 2 aliphatic heterocycles. The Hall–Kier alpha value is -0.120. The maximum absolute atomic E-state index is 3.57. The SMILES string of the molecule is CC1CC(N(CC2CCCNC2)C2CC2)CN1C. The third-order valence-corrected chi connectivity index (χ3v) is 5.22. The molecule has 0 radical (unpaired) electrons. The topological polar surface area (TPSA) is 18.5 Å². The van der Waals surface area contributed by atoms with E-state index in [1.807, 2.05) is 0 Å². The van der Waals surface area contributed by atoms with Crippen LogP contribution in [0.1, 0.15) is 39.0 Å². The van der Waals surface area contributed by atoms with Crippen LogP contribution < -0.4 is 5.32 Å². The van der Waals surface area contributed by atoms with Crippen molar-refractivity contribution in [3.63, 3.8) is 0 Å². The molecule has 3 unspecified atom stereocenters. The molecule has 2 saturated heterocycles. The Balaban J connectivity index is 1.58. The molecule has 1 saturated carbocycles. The zero-order valence-corrected chi connectivity index (χ0v) is 12.1. The van der Waals surface area contributed by atoms with Gasteiger partial charge in [-0.1, -0.05) is 0 Å². The Morgan fingerprint density at radius 1 is 1.22 bits per heavy atom. The van der Waals surface area contributed by atoms with Crippen LogP contribution in [0.4, 0.5) is 0 Å². The zero-order valence-electron chi connectivity index (χ0n) is 12.1. The van der Waals surface area contributed by atoms with Crippen molar-refractivity contribution in [2.45, 2.75) is 57.2 Å². The normalized spacial score (nSPS) is 38.5. The summed E-state index contributed by atoms with van der Waals surface area (Å²) in [4.78, 5) is 5.41. The largest absolute Gasteiger partial charge is 0.316 e. The van der Waals surface area contributed by atoms with E-state index < -0.39 is 0 Å². The quantitative estimate of drug-likeness (QED) is 0.818. The molecule has 0 aromatic carbocycles. The van der Waals surface area contributed by atoms with Gasteiger partial charge in [0.2, 0.25) is 0 Å². The van der Waals surface area contributed by atoms with Crippen molar-refractivity contribution in [3.8, 4) is 0 Å². The minimum Gasteiger partial charge on any atom is -0.316 e. The first-order chi connectivity index (χ1) is 8.74. The lowest BCUT2D eigenvalue weighted by Gasteiger charge is -2.34. The summed E-state index contributed by atoms with van der Waals surface area (Å²) < 4.78 is 0.